The standard InChI is InChI=1S/C14H18BrF3N2/c15-9-6-7-10(14(16,17)18)13(8-9)20-12-5-3-1-2-4-11(12)19/h6-8,11-12,20H,1-5,19H2. The Kier molecular flexibility index (Phi) is 4.96. The summed E-state index contributed by atoms with van der Waals surface area (Å²) < 4.78 is 39.7. The molecule has 2 rings (SSSR count). The van der Waals surface area contributed by atoms with Gasteiger partial charge in [0, 0.05) is 22.2 Å². The van der Waals surface area contributed by atoms with E-state index in [1.54, 1.807) is 0 Å². The maximum Gasteiger partial charge on any atom is 0.418 e. The van der Waals surface area contributed by atoms with E-state index in [0.29, 0.717) is 4.47 Å². The van der Waals surface area contributed by atoms with Gasteiger partial charge in [0.25, 0.3) is 0 Å². The van der Waals surface area contributed by atoms with Crippen molar-refractivity contribution >= 4 is 21.6 Å². The summed E-state index contributed by atoms with van der Waals surface area (Å²) in [5.41, 5.74) is 5.53. The molecule has 112 valence electrons. The first-order chi connectivity index (χ1) is 9.38. The summed E-state index contributed by atoms with van der Waals surface area (Å²) in [5.74, 6) is 0. The van der Waals surface area contributed by atoms with Crippen molar-refractivity contribution in [1.82, 2.24) is 0 Å². The summed E-state index contributed by atoms with van der Waals surface area (Å²) in [6, 6.07) is 3.77. The fraction of sp³-hybridized carbons (Fsp3) is 0.571. The molecule has 0 bridgehead atoms. The minimum atomic E-state index is -4.36. The molecule has 0 spiro atoms. The first-order valence-electron chi connectivity index (χ1n) is 6.77. The van der Waals surface area contributed by atoms with Gasteiger partial charge in [-0.05, 0) is 31.0 Å². The lowest BCUT2D eigenvalue weighted by Crippen LogP contribution is -2.39. The van der Waals surface area contributed by atoms with E-state index in [9.17, 15) is 13.2 Å². The van der Waals surface area contributed by atoms with Crippen LogP contribution in [0.25, 0.3) is 0 Å². The normalized spacial score (nSPS) is 24.2. The summed E-state index contributed by atoms with van der Waals surface area (Å²) in [5, 5.41) is 3.01. The average molecular weight is 351 g/mol. The number of rotatable bonds is 2. The Hall–Kier alpha value is -0.750. The van der Waals surface area contributed by atoms with E-state index >= 15 is 0 Å². The molecule has 6 heteroatoms. The van der Waals surface area contributed by atoms with Crippen molar-refractivity contribution in [3.05, 3.63) is 28.2 Å². The average Bonchev–Trinajstić information content (AvgIpc) is 2.53. The Labute approximate surface area is 125 Å². The van der Waals surface area contributed by atoms with Gasteiger partial charge in [-0.2, -0.15) is 13.2 Å². The molecule has 3 N–H and O–H groups in total. The first-order valence-corrected chi connectivity index (χ1v) is 7.56. The van der Waals surface area contributed by atoms with Crippen LogP contribution in [0.3, 0.4) is 0 Å². The van der Waals surface area contributed by atoms with Crippen LogP contribution < -0.4 is 11.1 Å². The number of hydrogen-bond donors (Lipinski definition) is 2. The zero-order chi connectivity index (χ0) is 14.8. The van der Waals surface area contributed by atoms with Crippen molar-refractivity contribution in [2.45, 2.75) is 50.4 Å². The maximum absolute atomic E-state index is 13.0. The monoisotopic (exact) mass is 350 g/mol. The van der Waals surface area contributed by atoms with Crippen LogP contribution in [0.4, 0.5) is 18.9 Å². The first kappa shape index (κ1) is 15.6. The third-order valence-corrected chi connectivity index (χ3v) is 4.19. The molecule has 1 aliphatic carbocycles. The number of alkyl halides is 3. The van der Waals surface area contributed by atoms with Crippen molar-refractivity contribution < 1.29 is 13.2 Å². The number of halogens is 4. The van der Waals surface area contributed by atoms with Gasteiger partial charge in [0.2, 0.25) is 0 Å². The van der Waals surface area contributed by atoms with Gasteiger partial charge in [0.05, 0.1) is 5.56 Å². The number of anilines is 1. The van der Waals surface area contributed by atoms with Crippen molar-refractivity contribution in [3.63, 3.8) is 0 Å². The Morgan fingerprint density at radius 3 is 2.55 bits per heavy atom. The van der Waals surface area contributed by atoms with E-state index in [1.165, 1.54) is 12.1 Å². The molecule has 1 aromatic rings. The molecule has 0 saturated heterocycles. The van der Waals surface area contributed by atoms with Gasteiger partial charge in [-0.1, -0.05) is 35.2 Å². The van der Waals surface area contributed by atoms with E-state index in [4.69, 9.17) is 5.73 Å². The second-order valence-electron chi connectivity index (χ2n) is 5.24. The van der Waals surface area contributed by atoms with E-state index in [0.717, 1.165) is 38.2 Å². The summed E-state index contributed by atoms with van der Waals surface area (Å²) in [4.78, 5) is 0. The third kappa shape index (κ3) is 3.88. The van der Waals surface area contributed by atoms with Gasteiger partial charge in [0.1, 0.15) is 0 Å². The van der Waals surface area contributed by atoms with E-state index in [2.05, 4.69) is 21.2 Å². The van der Waals surface area contributed by atoms with Gasteiger partial charge in [0.15, 0.2) is 0 Å². The highest BCUT2D eigenvalue weighted by molar-refractivity contribution is 9.10. The molecular formula is C14H18BrF3N2. The topological polar surface area (TPSA) is 38.0 Å². The van der Waals surface area contributed by atoms with Crippen LogP contribution >= 0.6 is 15.9 Å². The van der Waals surface area contributed by atoms with Crippen LogP contribution in [-0.4, -0.2) is 12.1 Å². The van der Waals surface area contributed by atoms with Crippen molar-refractivity contribution in [2.75, 3.05) is 5.32 Å². The fourth-order valence-corrected chi connectivity index (χ4v) is 2.96. The molecule has 0 heterocycles. The zero-order valence-corrected chi connectivity index (χ0v) is 12.6. The minimum Gasteiger partial charge on any atom is -0.380 e. The molecule has 2 atom stereocenters. The summed E-state index contributed by atoms with van der Waals surface area (Å²) in [7, 11) is 0. The van der Waals surface area contributed by atoms with E-state index in [1.807, 2.05) is 0 Å². The molecule has 0 amide bonds. The Bertz CT molecular complexity index is 462. The SMILES string of the molecule is NC1CCCCCC1Nc1cc(Br)ccc1C(F)(F)F. The molecule has 1 aliphatic rings. The van der Waals surface area contributed by atoms with Crippen LogP contribution in [0, 0.1) is 0 Å². The van der Waals surface area contributed by atoms with Crippen molar-refractivity contribution in [1.29, 1.82) is 0 Å². The second kappa shape index (κ2) is 6.35. The number of nitrogens with two attached hydrogens (primary N) is 1. The number of hydrogen-bond acceptors (Lipinski definition) is 2. The van der Waals surface area contributed by atoms with Gasteiger partial charge in [-0.15, -0.1) is 0 Å². The lowest BCUT2D eigenvalue weighted by molar-refractivity contribution is -0.137. The third-order valence-electron chi connectivity index (χ3n) is 3.70. The van der Waals surface area contributed by atoms with Gasteiger partial charge >= 0.3 is 6.18 Å². The molecule has 1 fully saturated rings. The highest BCUT2D eigenvalue weighted by Crippen LogP contribution is 2.37. The fourth-order valence-electron chi connectivity index (χ4n) is 2.60. The molecular weight excluding hydrogens is 333 g/mol. The zero-order valence-electron chi connectivity index (χ0n) is 11.0. The van der Waals surface area contributed by atoms with Crippen molar-refractivity contribution in [3.8, 4) is 0 Å². The van der Waals surface area contributed by atoms with Gasteiger partial charge < -0.3 is 11.1 Å². The van der Waals surface area contributed by atoms with Crippen molar-refractivity contribution in [2.24, 2.45) is 5.73 Å². The Morgan fingerprint density at radius 1 is 1.15 bits per heavy atom. The number of nitrogens with one attached hydrogen (secondary N) is 1. The summed E-state index contributed by atoms with van der Waals surface area (Å²) in [6.07, 6.45) is 0.441. The predicted molar refractivity (Wildman–Crippen MR) is 77.6 cm³/mol. The number of benzene rings is 1. The summed E-state index contributed by atoms with van der Waals surface area (Å²) >= 11 is 3.22. The molecule has 1 saturated carbocycles. The van der Waals surface area contributed by atoms with Crippen LogP contribution in [0.1, 0.15) is 37.7 Å². The lowest BCUT2D eigenvalue weighted by Gasteiger charge is -2.26. The highest BCUT2D eigenvalue weighted by Gasteiger charge is 2.34. The smallest absolute Gasteiger partial charge is 0.380 e. The molecule has 0 radical (unpaired) electrons. The minimum absolute atomic E-state index is 0.0995. The molecule has 2 unspecified atom stereocenters. The molecule has 0 aromatic heterocycles. The van der Waals surface area contributed by atoms with Crippen LogP contribution in [0.15, 0.2) is 22.7 Å². The largest absolute Gasteiger partial charge is 0.418 e. The van der Waals surface area contributed by atoms with E-state index < -0.39 is 11.7 Å². The molecule has 2 nitrogen and oxygen atoms in total. The highest BCUT2D eigenvalue weighted by atomic mass is 79.9. The predicted octanol–water partition coefficient (Wildman–Crippen LogP) is 4.54. The second-order valence-corrected chi connectivity index (χ2v) is 6.16. The molecule has 1 aromatic carbocycles. The van der Waals surface area contributed by atoms with Gasteiger partial charge in [-0.3, -0.25) is 0 Å². The lowest BCUT2D eigenvalue weighted by atomic mass is 10.0. The molecule has 20 heavy (non-hydrogen) atoms. The Morgan fingerprint density at radius 2 is 1.85 bits per heavy atom. The van der Waals surface area contributed by atoms with Crippen LogP contribution in [0.2, 0.25) is 0 Å². The Balaban J connectivity index is 2.25. The van der Waals surface area contributed by atoms with E-state index in [-0.39, 0.29) is 17.8 Å². The van der Waals surface area contributed by atoms with Gasteiger partial charge in [-0.25, -0.2) is 0 Å². The maximum atomic E-state index is 13.0. The quantitative estimate of drug-likeness (QED) is 0.768. The van der Waals surface area contributed by atoms with Crippen LogP contribution in [0.5, 0.6) is 0 Å². The molecule has 0 aliphatic heterocycles. The van der Waals surface area contributed by atoms with Crippen LogP contribution in [-0.2, 0) is 6.18 Å². The summed E-state index contributed by atoms with van der Waals surface area (Å²) in [6.45, 7) is 0.